The van der Waals surface area contributed by atoms with E-state index in [1.54, 1.807) is 13.1 Å². The van der Waals surface area contributed by atoms with Gasteiger partial charge in [-0.25, -0.2) is 0 Å². The van der Waals surface area contributed by atoms with E-state index in [9.17, 15) is 9.90 Å². The lowest BCUT2D eigenvalue weighted by Crippen LogP contribution is -2.36. The van der Waals surface area contributed by atoms with Crippen molar-refractivity contribution in [3.63, 3.8) is 0 Å². The number of amides is 1. The Kier molecular flexibility index (Phi) is 5.98. The summed E-state index contributed by atoms with van der Waals surface area (Å²) in [5.41, 5.74) is 1.33. The number of ether oxygens (including phenoxy) is 1. The second-order valence-electron chi connectivity index (χ2n) is 5.17. The Morgan fingerprint density at radius 2 is 2.26 bits per heavy atom. The fourth-order valence-electron chi connectivity index (χ4n) is 1.86. The normalized spacial score (nSPS) is 12.7. The number of methoxy groups -OCH3 is 1. The van der Waals surface area contributed by atoms with E-state index in [4.69, 9.17) is 4.74 Å². The van der Waals surface area contributed by atoms with Gasteiger partial charge in [-0.1, -0.05) is 13.8 Å². The van der Waals surface area contributed by atoms with Crippen LogP contribution in [-0.2, 0) is 11.2 Å². The Hall–Kier alpha value is -1.40. The number of aromatic nitrogens is 2. The number of aliphatic hydroxyl groups is 1. The Morgan fingerprint density at radius 3 is 2.84 bits per heavy atom. The van der Waals surface area contributed by atoms with Gasteiger partial charge in [-0.2, -0.15) is 5.10 Å². The van der Waals surface area contributed by atoms with Gasteiger partial charge in [0.2, 0.25) is 0 Å². The van der Waals surface area contributed by atoms with Crippen LogP contribution in [0.15, 0.2) is 6.07 Å². The Balaban J connectivity index is 2.59. The highest BCUT2D eigenvalue weighted by atomic mass is 16.5. The van der Waals surface area contributed by atoms with Crippen LogP contribution in [0.3, 0.4) is 0 Å². The van der Waals surface area contributed by atoms with Crippen molar-refractivity contribution in [3.8, 4) is 0 Å². The second kappa shape index (κ2) is 7.25. The number of H-pyrrole nitrogens is 1. The van der Waals surface area contributed by atoms with Gasteiger partial charge in [0.05, 0.1) is 12.7 Å². The molecule has 0 aliphatic rings. The monoisotopic (exact) mass is 269 g/mol. The van der Waals surface area contributed by atoms with Gasteiger partial charge in [0.15, 0.2) is 0 Å². The molecular weight excluding hydrogens is 246 g/mol. The number of carbonyl (C=O) groups is 1. The van der Waals surface area contributed by atoms with Gasteiger partial charge in [-0.15, -0.1) is 0 Å². The zero-order valence-electron chi connectivity index (χ0n) is 12.0. The van der Waals surface area contributed by atoms with Gasteiger partial charge in [-0.05, 0) is 18.4 Å². The molecule has 0 saturated carbocycles. The van der Waals surface area contributed by atoms with Crippen LogP contribution in [0.4, 0.5) is 0 Å². The Labute approximate surface area is 113 Å². The molecule has 0 fully saturated rings. The lowest BCUT2D eigenvalue weighted by Gasteiger charge is -2.19. The minimum absolute atomic E-state index is 0.205. The smallest absolute Gasteiger partial charge is 0.274 e. The molecule has 0 aliphatic carbocycles. The molecule has 6 heteroatoms. The van der Waals surface area contributed by atoms with E-state index in [1.807, 2.05) is 0 Å². The maximum atomic E-state index is 12.1. The summed E-state index contributed by atoms with van der Waals surface area (Å²) in [6, 6.07) is 1.77. The van der Waals surface area contributed by atoms with Crippen molar-refractivity contribution in [2.24, 2.45) is 5.92 Å². The molecule has 6 nitrogen and oxygen atoms in total. The van der Waals surface area contributed by atoms with Crippen LogP contribution in [0.2, 0.25) is 0 Å². The maximum absolute atomic E-state index is 12.1. The van der Waals surface area contributed by atoms with Crippen molar-refractivity contribution < 1.29 is 14.6 Å². The van der Waals surface area contributed by atoms with Gasteiger partial charge in [0, 0.05) is 26.4 Å². The third kappa shape index (κ3) is 5.00. The van der Waals surface area contributed by atoms with E-state index >= 15 is 0 Å². The summed E-state index contributed by atoms with van der Waals surface area (Å²) in [4.78, 5) is 13.5. The largest absolute Gasteiger partial charge is 0.389 e. The molecule has 1 rings (SSSR count). The second-order valence-corrected chi connectivity index (χ2v) is 5.17. The first kappa shape index (κ1) is 15.7. The fraction of sp³-hybridized carbons (Fsp3) is 0.692. The molecule has 0 radical (unpaired) electrons. The summed E-state index contributed by atoms with van der Waals surface area (Å²) in [7, 11) is 3.15. The molecule has 108 valence electrons. The molecule has 1 aromatic rings. The third-order valence-electron chi connectivity index (χ3n) is 2.67. The number of hydrogen-bond donors (Lipinski definition) is 2. The van der Waals surface area contributed by atoms with Gasteiger partial charge < -0.3 is 14.7 Å². The van der Waals surface area contributed by atoms with Gasteiger partial charge >= 0.3 is 0 Å². The minimum Gasteiger partial charge on any atom is -0.389 e. The van der Waals surface area contributed by atoms with Gasteiger partial charge in [-0.3, -0.25) is 9.89 Å². The van der Waals surface area contributed by atoms with Crippen molar-refractivity contribution in [2.45, 2.75) is 26.4 Å². The molecular formula is C13H23N3O3. The molecule has 2 N–H and O–H groups in total. The van der Waals surface area contributed by atoms with E-state index in [0.717, 1.165) is 12.1 Å². The topological polar surface area (TPSA) is 78.5 Å². The molecule has 1 atom stereocenters. The van der Waals surface area contributed by atoms with Crippen LogP contribution >= 0.6 is 0 Å². The molecule has 0 saturated heterocycles. The number of likely N-dealkylation sites (N-methyl/N-ethyl adjacent to an activating group) is 1. The summed E-state index contributed by atoms with van der Waals surface area (Å²) in [5.74, 6) is 0.297. The van der Waals surface area contributed by atoms with E-state index in [2.05, 4.69) is 24.0 Å². The van der Waals surface area contributed by atoms with Crippen molar-refractivity contribution >= 4 is 5.91 Å². The fourth-order valence-corrected chi connectivity index (χ4v) is 1.86. The highest BCUT2D eigenvalue weighted by molar-refractivity contribution is 5.92. The number of nitrogens with one attached hydrogen (secondary N) is 1. The number of carbonyl (C=O) groups excluding carboxylic acids is 1. The SMILES string of the molecule is COCC(O)CN(C)C(=O)c1cc(CC(C)C)[nH]n1. The van der Waals surface area contributed by atoms with Gasteiger partial charge in [0.1, 0.15) is 5.69 Å². The molecule has 1 aromatic heterocycles. The molecule has 1 heterocycles. The minimum atomic E-state index is -0.687. The number of rotatable bonds is 7. The Morgan fingerprint density at radius 1 is 1.58 bits per heavy atom. The van der Waals surface area contributed by atoms with E-state index < -0.39 is 6.10 Å². The summed E-state index contributed by atoms with van der Waals surface area (Å²) < 4.78 is 4.83. The lowest BCUT2D eigenvalue weighted by atomic mass is 10.1. The number of nitrogens with zero attached hydrogens (tertiary/aromatic N) is 2. The van der Waals surface area contributed by atoms with Crippen molar-refractivity contribution in [2.75, 3.05) is 27.3 Å². The number of aliphatic hydroxyl groups excluding tert-OH is 1. The lowest BCUT2D eigenvalue weighted by molar-refractivity contribution is 0.0378. The third-order valence-corrected chi connectivity index (χ3v) is 2.67. The summed E-state index contributed by atoms with van der Waals surface area (Å²) in [6.07, 6.45) is 0.170. The first-order valence-corrected chi connectivity index (χ1v) is 6.40. The quantitative estimate of drug-likeness (QED) is 0.763. The highest BCUT2D eigenvalue weighted by Crippen LogP contribution is 2.08. The Bertz CT molecular complexity index is 404. The molecule has 1 unspecified atom stereocenters. The molecule has 0 spiro atoms. The average molecular weight is 269 g/mol. The number of aromatic amines is 1. The zero-order valence-corrected chi connectivity index (χ0v) is 12.0. The highest BCUT2D eigenvalue weighted by Gasteiger charge is 2.18. The standard InChI is InChI=1S/C13H23N3O3/c1-9(2)5-10-6-12(15-14-10)13(18)16(3)7-11(17)8-19-4/h6,9,11,17H,5,7-8H2,1-4H3,(H,14,15). The molecule has 0 aliphatic heterocycles. The molecule has 0 aromatic carbocycles. The van der Waals surface area contributed by atoms with Crippen molar-refractivity contribution in [3.05, 3.63) is 17.5 Å². The number of hydrogen-bond acceptors (Lipinski definition) is 4. The van der Waals surface area contributed by atoms with Crippen LogP contribution < -0.4 is 0 Å². The summed E-state index contributed by atoms with van der Waals surface area (Å²) in [6.45, 7) is 4.64. The van der Waals surface area contributed by atoms with Crippen LogP contribution in [0.1, 0.15) is 30.0 Å². The predicted molar refractivity (Wildman–Crippen MR) is 72.0 cm³/mol. The van der Waals surface area contributed by atoms with Crippen LogP contribution in [0, 0.1) is 5.92 Å². The molecule has 0 bridgehead atoms. The van der Waals surface area contributed by atoms with E-state index in [0.29, 0.717) is 11.6 Å². The van der Waals surface area contributed by atoms with Crippen molar-refractivity contribution in [1.82, 2.24) is 15.1 Å². The van der Waals surface area contributed by atoms with Crippen LogP contribution in [-0.4, -0.2) is 59.5 Å². The van der Waals surface area contributed by atoms with Gasteiger partial charge in [0.25, 0.3) is 5.91 Å². The first-order valence-electron chi connectivity index (χ1n) is 6.40. The summed E-state index contributed by atoms with van der Waals surface area (Å²) in [5, 5.41) is 16.5. The van der Waals surface area contributed by atoms with E-state index in [1.165, 1.54) is 12.0 Å². The van der Waals surface area contributed by atoms with Crippen LogP contribution in [0.5, 0.6) is 0 Å². The first-order chi connectivity index (χ1) is 8.93. The van der Waals surface area contributed by atoms with E-state index in [-0.39, 0.29) is 19.1 Å². The summed E-state index contributed by atoms with van der Waals surface area (Å²) >= 11 is 0. The maximum Gasteiger partial charge on any atom is 0.274 e. The molecule has 1 amide bonds. The average Bonchev–Trinajstić information content (AvgIpc) is 2.75. The predicted octanol–water partition coefficient (Wildman–Crippen LogP) is 0.687. The zero-order chi connectivity index (χ0) is 14.4. The molecule has 19 heavy (non-hydrogen) atoms. The van der Waals surface area contributed by atoms with Crippen LogP contribution in [0.25, 0.3) is 0 Å². The van der Waals surface area contributed by atoms with Crippen molar-refractivity contribution in [1.29, 1.82) is 0 Å².